The molecule has 0 radical (unpaired) electrons. The molecule has 0 spiro atoms. The maximum Gasteiger partial charge on any atom is 0.251 e. The highest BCUT2D eigenvalue weighted by Gasteiger charge is 2.05. The van der Waals surface area contributed by atoms with Gasteiger partial charge in [-0.15, -0.1) is 0 Å². The minimum absolute atomic E-state index is 0.0350. The van der Waals surface area contributed by atoms with Crippen LogP contribution in [0.1, 0.15) is 15.9 Å². The van der Waals surface area contributed by atoms with E-state index in [0.717, 1.165) is 17.0 Å². The number of benzene rings is 1. The molecule has 82 valence electrons. The summed E-state index contributed by atoms with van der Waals surface area (Å²) in [5.74, 6) is 0.895. The van der Waals surface area contributed by atoms with Crippen LogP contribution >= 0.6 is 11.8 Å². The Labute approximate surface area is 94.4 Å². The first-order valence-electron chi connectivity index (χ1n) is 4.78. The van der Waals surface area contributed by atoms with Gasteiger partial charge in [0.15, 0.2) is 0 Å². The normalized spacial score (nSPS) is 10.0. The highest BCUT2D eigenvalue weighted by atomic mass is 32.2. The molecule has 0 aliphatic carbocycles. The fourth-order valence-corrected chi connectivity index (χ4v) is 1.49. The van der Waals surface area contributed by atoms with E-state index in [1.54, 1.807) is 23.9 Å². The molecule has 0 saturated carbocycles. The second kappa shape index (κ2) is 5.66. The van der Waals surface area contributed by atoms with Gasteiger partial charge < -0.3 is 11.1 Å². The van der Waals surface area contributed by atoms with Crippen molar-refractivity contribution < 1.29 is 4.79 Å². The van der Waals surface area contributed by atoms with Crippen LogP contribution in [0.25, 0.3) is 0 Å². The van der Waals surface area contributed by atoms with Gasteiger partial charge in [0.25, 0.3) is 5.91 Å². The minimum Gasteiger partial charge on any atom is -0.399 e. The first kappa shape index (κ1) is 11.9. The van der Waals surface area contributed by atoms with Gasteiger partial charge in [0.1, 0.15) is 0 Å². The Kier molecular flexibility index (Phi) is 4.49. The van der Waals surface area contributed by atoms with Crippen molar-refractivity contribution in [2.24, 2.45) is 0 Å². The van der Waals surface area contributed by atoms with Crippen LogP contribution in [-0.4, -0.2) is 24.5 Å². The number of anilines is 1. The van der Waals surface area contributed by atoms with Crippen LogP contribution in [0, 0.1) is 6.92 Å². The molecule has 1 aromatic carbocycles. The molecule has 1 rings (SSSR count). The molecule has 0 fully saturated rings. The van der Waals surface area contributed by atoms with E-state index in [4.69, 9.17) is 5.73 Å². The van der Waals surface area contributed by atoms with E-state index >= 15 is 0 Å². The molecule has 3 nitrogen and oxygen atoms in total. The standard InChI is InChI=1S/C11H16N2OS/c1-8-7-9(3-4-10(8)12)11(14)13-5-6-15-2/h3-4,7H,5-6,12H2,1-2H3,(H,13,14). The zero-order chi connectivity index (χ0) is 11.3. The van der Waals surface area contributed by atoms with E-state index < -0.39 is 0 Å². The fraction of sp³-hybridized carbons (Fsp3) is 0.364. The molecule has 0 aliphatic heterocycles. The number of amides is 1. The zero-order valence-corrected chi connectivity index (χ0v) is 9.86. The molecule has 4 heteroatoms. The molecule has 0 saturated heterocycles. The number of hydrogen-bond acceptors (Lipinski definition) is 3. The molecular weight excluding hydrogens is 208 g/mol. The zero-order valence-electron chi connectivity index (χ0n) is 9.04. The summed E-state index contributed by atoms with van der Waals surface area (Å²) in [5, 5.41) is 2.85. The number of rotatable bonds is 4. The average molecular weight is 224 g/mol. The van der Waals surface area contributed by atoms with Gasteiger partial charge in [-0.2, -0.15) is 11.8 Å². The average Bonchev–Trinajstić information content (AvgIpc) is 2.22. The third-order valence-electron chi connectivity index (χ3n) is 2.12. The molecule has 0 atom stereocenters. The lowest BCUT2D eigenvalue weighted by Crippen LogP contribution is -2.25. The summed E-state index contributed by atoms with van der Waals surface area (Å²) < 4.78 is 0. The number of nitrogens with one attached hydrogen (secondary N) is 1. The van der Waals surface area contributed by atoms with Gasteiger partial charge in [-0.3, -0.25) is 4.79 Å². The van der Waals surface area contributed by atoms with Crippen molar-refractivity contribution in [1.29, 1.82) is 0 Å². The van der Waals surface area contributed by atoms with Crippen LogP contribution in [-0.2, 0) is 0 Å². The van der Waals surface area contributed by atoms with Crippen molar-refractivity contribution in [1.82, 2.24) is 5.32 Å². The van der Waals surface area contributed by atoms with Gasteiger partial charge in [0.05, 0.1) is 0 Å². The molecule has 0 unspecified atom stereocenters. The van der Waals surface area contributed by atoms with Crippen molar-refractivity contribution in [3.05, 3.63) is 29.3 Å². The molecule has 1 aromatic rings. The highest BCUT2D eigenvalue weighted by molar-refractivity contribution is 7.98. The summed E-state index contributed by atoms with van der Waals surface area (Å²) in [5.41, 5.74) is 8.00. The van der Waals surface area contributed by atoms with Gasteiger partial charge in [0, 0.05) is 23.5 Å². The van der Waals surface area contributed by atoms with Crippen LogP contribution in [0.2, 0.25) is 0 Å². The summed E-state index contributed by atoms with van der Waals surface area (Å²) in [6.07, 6.45) is 2.01. The van der Waals surface area contributed by atoms with Crippen molar-refractivity contribution in [2.75, 3.05) is 24.3 Å². The number of aryl methyl sites for hydroxylation is 1. The topological polar surface area (TPSA) is 55.1 Å². The predicted octanol–water partition coefficient (Wildman–Crippen LogP) is 1.67. The summed E-state index contributed by atoms with van der Waals surface area (Å²) in [6.45, 7) is 2.59. The van der Waals surface area contributed by atoms with Crippen molar-refractivity contribution in [3.8, 4) is 0 Å². The monoisotopic (exact) mass is 224 g/mol. The molecular formula is C11H16N2OS. The van der Waals surface area contributed by atoms with E-state index in [1.807, 2.05) is 19.2 Å². The lowest BCUT2D eigenvalue weighted by Gasteiger charge is -2.06. The van der Waals surface area contributed by atoms with Gasteiger partial charge in [0.2, 0.25) is 0 Å². The van der Waals surface area contributed by atoms with Crippen LogP contribution in [0.4, 0.5) is 5.69 Å². The number of hydrogen-bond donors (Lipinski definition) is 2. The second-order valence-corrected chi connectivity index (χ2v) is 4.31. The van der Waals surface area contributed by atoms with Crippen molar-refractivity contribution >= 4 is 23.4 Å². The SMILES string of the molecule is CSCCNC(=O)c1ccc(N)c(C)c1. The summed E-state index contributed by atoms with van der Waals surface area (Å²) in [4.78, 5) is 11.6. The second-order valence-electron chi connectivity index (χ2n) is 3.32. The molecule has 0 bridgehead atoms. The molecule has 15 heavy (non-hydrogen) atoms. The molecule has 3 N–H and O–H groups in total. The Morgan fingerprint density at radius 3 is 2.87 bits per heavy atom. The molecule has 0 aromatic heterocycles. The molecule has 0 heterocycles. The van der Waals surface area contributed by atoms with Gasteiger partial charge >= 0.3 is 0 Å². The Bertz CT molecular complexity index is 352. The first-order chi connectivity index (χ1) is 7.15. The Hall–Kier alpha value is -1.16. The summed E-state index contributed by atoms with van der Waals surface area (Å²) in [7, 11) is 0. The lowest BCUT2D eigenvalue weighted by molar-refractivity contribution is 0.0956. The number of nitrogen functional groups attached to an aromatic ring is 1. The van der Waals surface area contributed by atoms with E-state index in [-0.39, 0.29) is 5.91 Å². The van der Waals surface area contributed by atoms with Crippen LogP contribution in [0.5, 0.6) is 0 Å². The first-order valence-corrected chi connectivity index (χ1v) is 6.18. The number of nitrogens with two attached hydrogens (primary N) is 1. The predicted molar refractivity (Wildman–Crippen MR) is 66.3 cm³/mol. The molecule has 1 amide bonds. The number of carbonyl (C=O) groups is 1. The third kappa shape index (κ3) is 3.47. The van der Waals surface area contributed by atoms with Gasteiger partial charge in [-0.05, 0) is 36.9 Å². The van der Waals surface area contributed by atoms with Gasteiger partial charge in [-0.1, -0.05) is 0 Å². The van der Waals surface area contributed by atoms with E-state index in [2.05, 4.69) is 5.32 Å². The third-order valence-corrected chi connectivity index (χ3v) is 2.74. The van der Waals surface area contributed by atoms with E-state index in [0.29, 0.717) is 12.1 Å². The summed E-state index contributed by atoms with van der Waals surface area (Å²) >= 11 is 1.71. The summed E-state index contributed by atoms with van der Waals surface area (Å²) in [6, 6.07) is 5.32. The number of thioether (sulfide) groups is 1. The van der Waals surface area contributed by atoms with E-state index in [1.165, 1.54) is 0 Å². The number of carbonyl (C=O) groups excluding carboxylic acids is 1. The lowest BCUT2D eigenvalue weighted by atomic mass is 10.1. The Morgan fingerprint density at radius 1 is 1.53 bits per heavy atom. The van der Waals surface area contributed by atoms with Crippen LogP contribution in [0.15, 0.2) is 18.2 Å². The largest absolute Gasteiger partial charge is 0.399 e. The van der Waals surface area contributed by atoms with Crippen LogP contribution in [0.3, 0.4) is 0 Å². The Balaban J connectivity index is 2.62. The fourth-order valence-electron chi connectivity index (χ4n) is 1.19. The highest BCUT2D eigenvalue weighted by Crippen LogP contribution is 2.12. The maximum absolute atomic E-state index is 11.6. The van der Waals surface area contributed by atoms with Crippen molar-refractivity contribution in [3.63, 3.8) is 0 Å². The minimum atomic E-state index is -0.0350. The van der Waals surface area contributed by atoms with Gasteiger partial charge in [-0.25, -0.2) is 0 Å². The maximum atomic E-state index is 11.6. The smallest absolute Gasteiger partial charge is 0.251 e. The van der Waals surface area contributed by atoms with Crippen LogP contribution < -0.4 is 11.1 Å². The quantitative estimate of drug-likeness (QED) is 0.604. The molecule has 0 aliphatic rings. The van der Waals surface area contributed by atoms with E-state index in [9.17, 15) is 4.79 Å². The van der Waals surface area contributed by atoms with Crippen molar-refractivity contribution in [2.45, 2.75) is 6.92 Å². The Morgan fingerprint density at radius 2 is 2.27 bits per heavy atom.